The smallest absolute Gasteiger partial charge is 0.0711 e. The van der Waals surface area contributed by atoms with Crippen molar-refractivity contribution >= 4 is 22.4 Å². The Labute approximate surface area is 117 Å². The molecular weight excluding hydrogens is 254 g/mol. The van der Waals surface area contributed by atoms with Gasteiger partial charge in [-0.05, 0) is 30.0 Å². The molecule has 2 heteroatoms. The molecule has 1 nitrogen and oxygen atoms in total. The molecule has 0 N–H and O–H groups in total. The largest absolute Gasteiger partial charge is 0.252 e. The molecule has 0 unspecified atom stereocenters. The first-order valence-corrected chi connectivity index (χ1v) is 6.80. The fraction of sp³-hybridized carbons (Fsp3) is 0.118. The number of rotatable bonds is 2. The Morgan fingerprint density at radius 1 is 1.00 bits per heavy atom. The number of benzene rings is 2. The molecule has 1 aromatic heterocycles. The van der Waals surface area contributed by atoms with E-state index in [1.807, 2.05) is 30.3 Å². The van der Waals surface area contributed by atoms with E-state index < -0.39 is 0 Å². The quantitative estimate of drug-likeness (QED) is 0.628. The Balaban J connectivity index is 2.26. The zero-order valence-electron chi connectivity index (χ0n) is 10.7. The molecule has 0 aliphatic heterocycles. The number of halogens is 1. The summed E-state index contributed by atoms with van der Waals surface area (Å²) in [5.41, 5.74) is 3.26. The van der Waals surface area contributed by atoms with E-state index in [4.69, 9.17) is 16.6 Å². The van der Waals surface area contributed by atoms with Crippen molar-refractivity contribution in [1.82, 2.24) is 4.98 Å². The highest BCUT2D eigenvalue weighted by Crippen LogP contribution is 2.27. The predicted molar refractivity (Wildman–Crippen MR) is 81.6 cm³/mol. The highest BCUT2D eigenvalue weighted by molar-refractivity contribution is 6.31. The van der Waals surface area contributed by atoms with Gasteiger partial charge in [-0.3, -0.25) is 4.98 Å². The SMILES string of the molecule is CCc1nc(-c2ccccc2)cc2ccc(Cl)cc12. The molecule has 3 rings (SSSR count). The lowest BCUT2D eigenvalue weighted by Crippen LogP contribution is -1.93. The maximum absolute atomic E-state index is 6.08. The molecule has 19 heavy (non-hydrogen) atoms. The minimum Gasteiger partial charge on any atom is -0.252 e. The van der Waals surface area contributed by atoms with E-state index in [9.17, 15) is 0 Å². The van der Waals surface area contributed by atoms with Gasteiger partial charge in [0.1, 0.15) is 0 Å². The van der Waals surface area contributed by atoms with Crippen LogP contribution in [0.2, 0.25) is 5.02 Å². The van der Waals surface area contributed by atoms with Crippen LogP contribution in [0.4, 0.5) is 0 Å². The fourth-order valence-corrected chi connectivity index (χ4v) is 2.49. The van der Waals surface area contributed by atoms with Gasteiger partial charge < -0.3 is 0 Å². The first-order chi connectivity index (χ1) is 9.28. The lowest BCUT2D eigenvalue weighted by Gasteiger charge is -2.08. The van der Waals surface area contributed by atoms with Gasteiger partial charge in [0.2, 0.25) is 0 Å². The Kier molecular flexibility index (Phi) is 3.22. The molecule has 3 aromatic rings. The van der Waals surface area contributed by atoms with E-state index in [0.29, 0.717) is 0 Å². The number of hydrogen-bond donors (Lipinski definition) is 0. The third kappa shape index (κ3) is 2.34. The van der Waals surface area contributed by atoms with Gasteiger partial charge in [0.25, 0.3) is 0 Å². The predicted octanol–water partition coefficient (Wildman–Crippen LogP) is 5.12. The molecule has 2 aromatic carbocycles. The molecule has 0 bridgehead atoms. The van der Waals surface area contributed by atoms with Crippen molar-refractivity contribution in [2.75, 3.05) is 0 Å². The first-order valence-electron chi connectivity index (χ1n) is 6.42. The summed E-state index contributed by atoms with van der Waals surface area (Å²) < 4.78 is 0. The van der Waals surface area contributed by atoms with Crippen molar-refractivity contribution in [2.45, 2.75) is 13.3 Å². The summed E-state index contributed by atoms with van der Waals surface area (Å²) >= 11 is 6.08. The minimum atomic E-state index is 0.761. The van der Waals surface area contributed by atoms with E-state index in [0.717, 1.165) is 33.8 Å². The van der Waals surface area contributed by atoms with E-state index in [-0.39, 0.29) is 0 Å². The number of nitrogens with zero attached hydrogens (tertiary/aromatic N) is 1. The van der Waals surface area contributed by atoms with Crippen LogP contribution >= 0.6 is 11.6 Å². The summed E-state index contributed by atoms with van der Waals surface area (Å²) in [6.45, 7) is 2.12. The van der Waals surface area contributed by atoms with Crippen LogP contribution < -0.4 is 0 Å². The monoisotopic (exact) mass is 267 g/mol. The highest BCUT2D eigenvalue weighted by atomic mass is 35.5. The Hall–Kier alpha value is -1.86. The minimum absolute atomic E-state index is 0.761. The van der Waals surface area contributed by atoms with E-state index in [2.05, 4.69) is 31.2 Å². The van der Waals surface area contributed by atoms with Crippen LogP contribution in [0.15, 0.2) is 54.6 Å². The summed E-state index contributed by atoms with van der Waals surface area (Å²) in [5.74, 6) is 0. The third-order valence-electron chi connectivity index (χ3n) is 3.28. The van der Waals surface area contributed by atoms with Crippen LogP contribution in [0.5, 0.6) is 0 Å². The van der Waals surface area contributed by atoms with Crippen molar-refractivity contribution < 1.29 is 0 Å². The number of pyridine rings is 1. The Morgan fingerprint density at radius 3 is 2.53 bits per heavy atom. The second kappa shape index (κ2) is 5.02. The van der Waals surface area contributed by atoms with Gasteiger partial charge >= 0.3 is 0 Å². The lowest BCUT2D eigenvalue weighted by molar-refractivity contribution is 1.06. The molecule has 0 saturated carbocycles. The maximum atomic E-state index is 6.08. The molecule has 0 aliphatic rings. The van der Waals surface area contributed by atoms with Gasteiger partial charge in [0.15, 0.2) is 0 Å². The van der Waals surface area contributed by atoms with Crippen LogP contribution in [-0.4, -0.2) is 4.98 Å². The summed E-state index contributed by atoms with van der Waals surface area (Å²) in [5, 5.41) is 3.10. The Bertz CT molecular complexity index is 720. The van der Waals surface area contributed by atoms with Crippen LogP contribution in [0.25, 0.3) is 22.0 Å². The normalized spacial score (nSPS) is 10.8. The van der Waals surface area contributed by atoms with Crippen LogP contribution in [0.1, 0.15) is 12.6 Å². The fourth-order valence-electron chi connectivity index (χ4n) is 2.32. The number of aromatic nitrogens is 1. The third-order valence-corrected chi connectivity index (χ3v) is 3.51. The second-order valence-electron chi connectivity index (χ2n) is 4.54. The summed E-state index contributed by atoms with van der Waals surface area (Å²) in [6, 6.07) is 18.4. The maximum Gasteiger partial charge on any atom is 0.0711 e. The van der Waals surface area contributed by atoms with Gasteiger partial charge in [-0.15, -0.1) is 0 Å². The van der Waals surface area contributed by atoms with Crippen LogP contribution in [-0.2, 0) is 6.42 Å². The standard InChI is InChI=1S/C17H14ClN/c1-2-16-15-11-14(18)9-8-13(15)10-17(19-16)12-6-4-3-5-7-12/h3-11H,2H2,1H3. The molecule has 0 radical (unpaired) electrons. The van der Waals surface area contributed by atoms with Gasteiger partial charge in [-0.2, -0.15) is 0 Å². The average Bonchev–Trinajstić information content (AvgIpc) is 2.47. The van der Waals surface area contributed by atoms with Crippen molar-refractivity contribution in [3.63, 3.8) is 0 Å². The molecule has 94 valence electrons. The van der Waals surface area contributed by atoms with Crippen molar-refractivity contribution in [1.29, 1.82) is 0 Å². The second-order valence-corrected chi connectivity index (χ2v) is 4.98. The topological polar surface area (TPSA) is 12.9 Å². The van der Waals surface area contributed by atoms with Crippen molar-refractivity contribution in [2.24, 2.45) is 0 Å². The summed E-state index contributed by atoms with van der Waals surface area (Å²) in [7, 11) is 0. The number of hydrogen-bond acceptors (Lipinski definition) is 1. The summed E-state index contributed by atoms with van der Waals surface area (Å²) in [4.78, 5) is 4.77. The zero-order chi connectivity index (χ0) is 13.2. The highest BCUT2D eigenvalue weighted by Gasteiger charge is 2.06. The van der Waals surface area contributed by atoms with Gasteiger partial charge in [-0.25, -0.2) is 0 Å². The van der Waals surface area contributed by atoms with Gasteiger partial charge in [0.05, 0.1) is 5.69 Å². The molecular formula is C17H14ClN. The van der Waals surface area contributed by atoms with Crippen molar-refractivity contribution in [3.05, 3.63) is 65.3 Å². The zero-order valence-corrected chi connectivity index (χ0v) is 11.5. The molecule has 1 heterocycles. The molecule has 0 spiro atoms. The molecule has 0 fully saturated rings. The first kappa shape index (κ1) is 12.2. The van der Waals surface area contributed by atoms with Crippen LogP contribution in [0.3, 0.4) is 0 Å². The molecule has 0 amide bonds. The van der Waals surface area contributed by atoms with Crippen molar-refractivity contribution in [3.8, 4) is 11.3 Å². The van der Waals surface area contributed by atoms with Crippen LogP contribution in [0, 0.1) is 0 Å². The molecule has 0 atom stereocenters. The number of fused-ring (bicyclic) bond motifs is 1. The summed E-state index contributed by atoms with van der Waals surface area (Å²) in [6.07, 6.45) is 0.900. The molecule has 0 aliphatic carbocycles. The molecule has 0 saturated heterocycles. The lowest BCUT2D eigenvalue weighted by atomic mass is 10.0. The van der Waals surface area contributed by atoms with E-state index in [1.54, 1.807) is 0 Å². The van der Waals surface area contributed by atoms with Gasteiger partial charge in [-0.1, -0.05) is 54.9 Å². The van der Waals surface area contributed by atoms with E-state index >= 15 is 0 Å². The Morgan fingerprint density at radius 2 is 1.79 bits per heavy atom. The number of aryl methyl sites for hydroxylation is 1. The van der Waals surface area contributed by atoms with E-state index in [1.165, 1.54) is 5.39 Å². The average molecular weight is 268 g/mol. The van der Waals surface area contributed by atoms with Gasteiger partial charge in [0, 0.05) is 21.7 Å².